The van der Waals surface area contributed by atoms with Crippen LogP contribution in [0, 0.1) is 0 Å². The van der Waals surface area contributed by atoms with Gasteiger partial charge in [-0.25, -0.2) is 13.4 Å². The molecule has 0 bridgehead atoms. The Morgan fingerprint density at radius 2 is 2.16 bits per heavy atom. The summed E-state index contributed by atoms with van der Waals surface area (Å²) in [6.07, 6.45) is 3.22. The molecule has 1 aromatic heterocycles. The van der Waals surface area contributed by atoms with Gasteiger partial charge in [0.2, 0.25) is 10.0 Å². The molecule has 1 unspecified atom stereocenters. The minimum atomic E-state index is -3.46. The Morgan fingerprint density at radius 1 is 1.42 bits per heavy atom. The summed E-state index contributed by atoms with van der Waals surface area (Å²) in [6, 6.07) is 3.27. The van der Waals surface area contributed by atoms with Crippen molar-refractivity contribution in [1.82, 2.24) is 14.2 Å². The number of aromatic nitrogens is 1. The summed E-state index contributed by atoms with van der Waals surface area (Å²) in [5.74, 6) is 0. The van der Waals surface area contributed by atoms with Crippen LogP contribution < -0.4 is 0 Å². The van der Waals surface area contributed by atoms with Crippen molar-refractivity contribution in [1.29, 1.82) is 0 Å². The second-order valence-corrected chi connectivity index (χ2v) is 7.26. The molecule has 0 amide bonds. The molecular formula is C12H18ClN3O2S. The van der Waals surface area contributed by atoms with Crippen LogP contribution in [0.25, 0.3) is 0 Å². The van der Waals surface area contributed by atoms with E-state index in [0.717, 1.165) is 12.8 Å². The highest BCUT2D eigenvalue weighted by molar-refractivity contribution is 7.89. The molecule has 5 nitrogen and oxygen atoms in total. The van der Waals surface area contributed by atoms with Crippen LogP contribution in [-0.2, 0) is 10.0 Å². The minimum absolute atomic E-state index is 0.205. The number of likely N-dealkylation sites (N-methyl/N-ethyl adjacent to an activating group) is 1. The number of hydrogen-bond donors (Lipinski definition) is 0. The molecule has 0 spiro atoms. The third-order valence-corrected chi connectivity index (χ3v) is 5.50. The predicted molar refractivity (Wildman–Crippen MR) is 74.7 cm³/mol. The van der Waals surface area contributed by atoms with Gasteiger partial charge in [0.15, 0.2) is 0 Å². The van der Waals surface area contributed by atoms with Gasteiger partial charge >= 0.3 is 0 Å². The molecule has 1 aliphatic rings. The van der Waals surface area contributed by atoms with Crippen LogP contribution in [-0.4, -0.2) is 55.8 Å². The van der Waals surface area contributed by atoms with Gasteiger partial charge in [0.25, 0.3) is 0 Å². The fourth-order valence-electron chi connectivity index (χ4n) is 2.22. The molecule has 0 aromatic carbocycles. The third-order valence-electron chi connectivity index (χ3n) is 3.43. The summed E-state index contributed by atoms with van der Waals surface area (Å²) in [4.78, 5) is 6.12. The average Bonchev–Trinajstić information content (AvgIpc) is 2.39. The molecule has 1 fully saturated rings. The second kappa shape index (κ2) is 5.75. The highest BCUT2D eigenvalue weighted by atomic mass is 35.5. The maximum Gasteiger partial charge on any atom is 0.244 e. The van der Waals surface area contributed by atoms with Crippen molar-refractivity contribution in [3.8, 4) is 0 Å². The second-order valence-electron chi connectivity index (χ2n) is 4.94. The van der Waals surface area contributed by atoms with E-state index in [1.54, 1.807) is 0 Å². The van der Waals surface area contributed by atoms with E-state index in [2.05, 4.69) is 9.88 Å². The van der Waals surface area contributed by atoms with E-state index in [1.165, 1.54) is 22.6 Å². The van der Waals surface area contributed by atoms with Crippen LogP contribution in [0.15, 0.2) is 23.2 Å². The highest BCUT2D eigenvalue weighted by Gasteiger charge is 2.31. The number of pyridine rings is 1. The third kappa shape index (κ3) is 3.25. The van der Waals surface area contributed by atoms with E-state index in [9.17, 15) is 8.42 Å². The standard InChI is InChI=1S/C12H18ClN3O2S/c1-15(2)10-4-3-7-16(9-10)19(17,18)11-5-6-12(13)14-8-11/h5-6,8,10H,3-4,7,9H2,1-2H3. The van der Waals surface area contributed by atoms with Crippen molar-refractivity contribution in [3.05, 3.63) is 23.5 Å². The number of hydrogen-bond acceptors (Lipinski definition) is 4. The first-order chi connectivity index (χ1) is 8.91. The lowest BCUT2D eigenvalue weighted by molar-refractivity contribution is 0.190. The Kier molecular flexibility index (Phi) is 4.45. The van der Waals surface area contributed by atoms with Crippen LogP contribution >= 0.6 is 11.6 Å². The minimum Gasteiger partial charge on any atom is -0.305 e. The first kappa shape index (κ1) is 14.7. The number of halogens is 1. The Labute approximate surface area is 119 Å². The monoisotopic (exact) mass is 303 g/mol. The number of rotatable bonds is 3. The number of piperidine rings is 1. The molecule has 0 aliphatic carbocycles. The summed E-state index contributed by atoms with van der Waals surface area (Å²) in [5.41, 5.74) is 0. The van der Waals surface area contributed by atoms with Crippen LogP contribution in [0.4, 0.5) is 0 Å². The van der Waals surface area contributed by atoms with Crippen molar-refractivity contribution in [3.63, 3.8) is 0 Å². The van der Waals surface area contributed by atoms with Crippen molar-refractivity contribution in [2.75, 3.05) is 27.2 Å². The fourth-order valence-corrected chi connectivity index (χ4v) is 3.80. The summed E-state index contributed by atoms with van der Waals surface area (Å²) >= 11 is 5.69. The van der Waals surface area contributed by atoms with E-state index in [-0.39, 0.29) is 10.9 Å². The SMILES string of the molecule is CN(C)C1CCCN(S(=O)(=O)c2ccc(Cl)nc2)C1. The van der Waals surface area contributed by atoms with Gasteiger partial charge in [0.05, 0.1) is 0 Å². The lowest BCUT2D eigenvalue weighted by atomic mass is 10.1. The lowest BCUT2D eigenvalue weighted by Gasteiger charge is -2.35. The normalized spacial score (nSPS) is 21.8. The van der Waals surface area contributed by atoms with Crippen LogP contribution in [0.2, 0.25) is 5.15 Å². The summed E-state index contributed by atoms with van der Waals surface area (Å²) < 4.78 is 26.5. The summed E-state index contributed by atoms with van der Waals surface area (Å²) in [7, 11) is 0.494. The predicted octanol–water partition coefficient (Wildman–Crippen LogP) is 1.45. The lowest BCUT2D eigenvalue weighted by Crippen LogP contribution is -2.47. The van der Waals surface area contributed by atoms with Gasteiger partial charge in [-0.2, -0.15) is 4.31 Å². The Morgan fingerprint density at radius 3 is 2.74 bits per heavy atom. The zero-order valence-electron chi connectivity index (χ0n) is 11.1. The molecule has 106 valence electrons. The number of sulfonamides is 1. The smallest absolute Gasteiger partial charge is 0.244 e. The van der Waals surface area contributed by atoms with Crippen molar-refractivity contribution >= 4 is 21.6 Å². The Hall–Kier alpha value is -0.690. The molecule has 19 heavy (non-hydrogen) atoms. The molecule has 7 heteroatoms. The quantitative estimate of drug-likeness (QED) is 0.793. The maximum atomic E-state index is 12.5. The molecule has 1 atom stereocenters. The van der Waals surface area contributed by atoms with E-state index in [4.69, 9.17) is 11.6 Å². The first-order valence-electron chi connectivity index (χ1n) is 6.19. The Bertz CT molecular complexity index is 530. The van der Waals surface area contributed by atoms with Gasteiger partial charge in [-0.1, -0.05) is 11.6 Å². The molecule has 0 N–H and O–H groups in total. The van der Waals surface area contributed by atoms with E-state index < -0.39 is 10.0 Å². The summed E-state index contributed by atoms with van der Waals surface area (Å²) in [5, 5.41) is 0.295. The van der Waals surface area contributed by atoms with Gasteiger partial charge in [-0.3, -0.25) is 0 Å². The largest absolute Gasteiger partial charge is 0.305 e. The van der Waals surface area contributed by atoms with Crippen molar-refractivity contribution < 1.29 is 8.42 Å². The van der Waals surface area contributed by atoms with E-state index in [1.807, 2.05) is 14.1 Å². The molecule has 2 rings (SSSR count). The maximum absolute atomic E-state index is 12.5. The molecule has 2 heterocycles. The van der Waals surface area contributed by atoms with Crippen LogP contribution in [0.1, 0.15) is 12.8 Å². The fraction of sp³-hybridized carbons (Fsp3) is 0.583. The van der Waals surface area contributed by atoms with Gasteiger partial charge in [-0.15, -0.1) is 0 Å². The van der Waals surface area contributed by atoms with Crippen LogP contribution in [0.3, 0.4) is 0 Å². The molecular weight excluding hydrogens is 286 g/mol. The van der Waals surface area contributed by atoms with Gasteiger partial charge in [-0.05, 0) is 39.1 Å². The Balaban J connectivity index is 2.22. The molecule has 0 saturated carbocycles. The van der Waals surface area contributed by atoms with Gasteiger partial charge in [0, 0.05) is 25.3 Å². The van der Waals surface area contributed by atoms with Gasteiger partial charge < -0.3 is 4.90 Å². The van der Waals surface area contributed by atoms with E-state index >= 15 is 0 Å². The topological polar surface area (TPSA) is 53.5 Å². The molecule has 1 aromatic rings. The van der Waals surface area contributed by atoms with Crippen LogP contribution in [0.5, 0.6) is 0 Å². The average molecular weight is 304 g/mol. The zero-order valence-corrected chi connectivity index (χ0v) is 12.7. The first-order valence-corrected chi connectivity index (χ1v) is 8.01. The number of nitrogens with zero attached hydrogens (tertiary/aromatic N) is 3. The highest BCUT2D eigenvalue weighted by Crippen LogP contribution is 2.22. The summed E-state index contributed by atoms with van der Waals surface area (Å²) in [6.45, 7) is 1.09. The molecule has 1 saturated heterocycles. The van der Waals surface area contributed by atoms with Gasteiger partial charge in [0.1, 0.15) is 10.0 Å². The van der Waals surface area contributed by atoms with Crippen molar-refractivity contribution in [2.24, 2.45) is 0 Å². The van der Waals surface area contributed by atoms with E-state index in [0.29, 0.717) is 18.2 Å². The van der Waals surface area contributed by atoms with Crippen molar-refractivity contribution in [2.45, 2.75) is 23.8 Å². The molecule has 0 radical (unpaired) electrons. The zero-order chi connectivity index (χ0) is 14.0. The molecule has 1 aliphatic heterocycles.